The number of pyridine rings is 1. The lowest BCUT2D eigenvalue weighted by Crippen LogP contribution is -2.20. The van der Waals surface area contributed by atoms with Gasteiger partial charge >= 0.3 is 0 Å². The predicted molar refractivity (Wildman–Crippen MR) is 78.5 cm³/mol. The van der Waals surface area contributed by atoms with Gasteiger partial charge in [0.15, 0.2) is 0 Å². The lowest BCUT2D eigenvalue weighted by Gasteiger charge is -2.18. The molecule has 0 radical (unpaired) electrons. The molecular weight excluding hydrogens is 264 g/mol. The van der Waals surface area contributed by atoms with Gasteiger partial charge in [-0.25, -0.2) is 0 Å². The molecule has 0 spiro atoms. The van der Waals surface area contributed by atoms with Crippen LogP contribution in [0.3, 0.4) is 0 Å². The van der Waals surface area contributed by atoms with Crippen molar-refractivity contribution >= 4 is 22.9 Å². The first kappa shape index (κ1) is 13.5. The second kappa shape index (κ2) is 5.83. The molecule has 18 heavy (non-hydrogen) atoms. The SMILES string of the molecule is CNC(Cc1ccc(Cl)s1)c1ccc(C)nc1C. The monoisotopic (exact) mass is 280 g/mol. The average molecular weight is 281 g/mol. The van der Waals surface area contributed by atoms with Crippen LogP contribution >= 0.6 is 22.9 Å². The molecule has 0 aliphatic carbocycles. The largest absolute Gasteiger partial charge is 0.313 e. The van der Waals surface area contributed by atoms with Crippen molar-refractivity contribution in [1.29, 1.82) is 0 Å². The number of nitrogens with zero attached hydrogens (tertiary/aromatic N) is 1. The molecule has 0 bridgehead atoms. The van der Waals surface area contributed by atoms with Crippen LogP contribution in [0.1, 0.15) is 27.9 Å². The Labute approximate surface area is 117 Å². The molecule has 0 saturated carbocycles. The van der Waals surface area contributed by atoms with Crippen LogP contribution in [0.15, 0.2) is 24.3 Å². The number of hydrogen-bond acceptors (Lipinski definition) is 3. The molecule has 0 fully saturated rings. The van der Waals surface area contributed by atoms with E-state index in [4.69, 9.17) is 11.6 Å². The summed E-state index contributed by atoms with van der Waals surface area (Å²) in [6, 6.07) is 8.55. The average Bonchev–Trinajstić information content (AvgIpc) is 2.72. The summed E-state index contributed by atoms with van der Waals surface area (Å²) >= 11 is 7.61. The summed E-state index contributed by atoms with van der Waals surface area (Å²) in [5.74, 6) is 0. The Hall–Kier alpha value is -0.900. The van der Waals surface area contributed by atoms with Gasteiger partial charge in [-0.1, -0.05) is 17.7 Å². The van der Waals surface area contributed by atoms with E-state index in [0.717, 1.165) is 22.1 Å². The maximum absolute atomic E-state index is 5.97. The van der Waals surface area contributed by atoms with E-state index < -0.39 is 0 Å². The Morgan fingerprint density at radius 3 is 2.61 bits per heavy atom. The zero-order valence-corrected chi connectivity index (χ0v) is 12.4. The van der Waals surface area contributed by atoms with Gasteiger partial charge in [-0.15, -0.1) is 11.3 Å². The normalized spacial score (nSPS) is 12.7. The summed E-state index contributed by atoms with van der Waals surface area (Å²) in [6.07, 6.45) is 0.944. The molecule has 0 aromatic carbocycles. The van der Waals surface area contributed by atoms with E-state index in [1.165, 1.54) is 10.4 Å². The van der Waals surface area contributed by atoms with Crippen LogP contribution in [0.5, 0.6) is 0 Å². The van der Waals surface area contributed by atoms with Crippen LogP contribution in [-0.4, -0.2) is 12.0 Å². The Kier molecular flexibility index (Phi) is 4.38. The Balaban J connectivity index is 2.22. The van der Waals surface area contributed by atoms with Crippen molar-refractivity contribution in [3.05, 3.63) is 50.4 Å². The molecule has 0 amide bonds. The van der Waals surface area contributed by atoms with Crippen molar-refractivity contribution in [2.75, 3.05) is 7.05 Å². The Morgan fingerprint density at radius 1 is 1.28 bits per heavy atom. The summed E-state index contributed by atoms with van der Waals surface area (Å²) in [4.78, 5) is 5.82. The predicted octanol–water partition coefficient (Wildman–Crippen LogP) is 3.92. The molecule has 2 aromatic rings. The number of halogens is 1. The summed E-state index contributed by atoms with van der Waals surface area (Å²) in [7, 11) is 1.99. The third kappa shape index (κ3) is 3.10. The second-order valence-electron chi connectivity index (χ2n) is 4.38. The van der Waals surface area contributed by atoms with Crippen molar-refractivity contribution < 1.29 is 0 Å². The third-order valence-corrected chi connectivity index (χ3v) is 4.28. The number of aryl methyl sites for hydroxylation is 2. The van der Waals surface area contributed by atoms with Crippen molar-refractivity contribution in [3.63, 3.8) is 0 Å². The number of aromatic nitrogens is 1. The van der Waals surface area contributed by atoms with Crippen LogP contribution in [0, 0.1) is 13.8 Å². The fourth-order valence-corrected chi connectivity index (χ4v) is 3.23. The van der Waals surface area contributed by atoms with E-state index in [1.807, 2.05) is 20.0 Å². The van der Waals surface area contributed by atoms with E-state index in [-0.39, 0.29) is 6.04 Å². The molecule has 1 unspecified atom stereocenters. The minimum atomic E-state index is 0.285. The van der Waals surface area contributed by atoms with Crippen molar-refractivity contribution in [3.8, 4) is 0 Å². The second-order valence-corrected chi connectivity index (χ2v) is 6.18. The van der Waals surface area contributed by atoms with Crippen molar-refractivity contribution in [2.24, 2.45) is 0 Å². The highest BCUT2D eigenvalue weighted by atomic mass is 35.5. The van der Waals surface area contributed by atoms with E-state index in [2.05, 4.69) is 35.4 Å². The zero-order chi connectivity index (χ0) is 13.1. The molecule has 0 saturated heterocycles. The zero-order valence-electron chi connectivity index (χ0n) is 10.8. The fraction of sp³-hybridized carbons (Fsp3) is 0.357. The molecular formula is C14H17ClN2S. The van der Waals surface area contributed by atoms with Crippen molar-refractivity contribution in [2.45, 2.75) is 26.3 Å². The molecule has 1 N–H and O–H groups in total. The molecule has 4 heteroatoms. The van der Waals surface area contributed by atoms with Gasteiger partial charge in [-0.3, -0.25) is 4.98 Å². The molecule has 96 valence electrons. The quantitative estimate of drug-likeness (QED) is 0.918. The van der Waals surface area contributed by atoms with Crippen LogP contribution in [0.2, 0.25) is 4.34 Å². The first-order valence-electron chi connectivity index (χ1n) is 5.95. The molecule has 2 heterocycles. The minimum Gasteiger partial charge on any atom is -0.313 e. The van der Waals surface area contributed by atoms with Crippen LogP contribution in [0.25, 0.3) is 0 Å². The third-order valence-electron chi connectivity index (χ3n) is 3.02. The lowest BCUT2D eigenvalue weighted by molar-refractivity contribution is 0.590. The van der Waals surface area contributed by atoms with Gasteiger partial charge < -0.3 is 5.32 Å². The molecule has 0 aliphatic heterocycles. The highest BCUT2D eigenvalue weighted by Crippen LogP contribution is 2.27. The van der Waals surface area contributed by atoms with E-state index in [1.54, 1.807) is 11.3 Å². The van der Waals surface area contributed by atoms with Gasteiger partial charge in [-0.05, 0) is 44.7 Å². The van der Waals surface area contributed by atoms with Gasteiger partial charge in [-0.2, -0.15) is 0 Å². The van der Waals surface area contributed by atoms with E-state index in [9.17, 15) is 0 Å². The van der Waals surface area contributed by atoms with Crippen LogP contribution in [-0.2, 0) is 6.42 Å². The number of hydrogen-bond donors (Lipinski definition) is 1. The van der Waals surface area contributed by atoms with Gasteiger partial charge in [0.1, 0.15) is 0 Å². The van der Waals surface area contributed by atoms with E-state index >= 15 is 0 Å². The molecule has 1 atom stereocenters. The number of thiophene rings is 1. The molecule has 2 nitrogen and oxygen atoms in total. The van der Waals surface area contributed by atoms with Gasteiger partial charge in [0, 0.05) is 28.7 Å². The van der Waals surface area contributed by atoms with Gasteiger partial charge in [0.25, 0.3) is 0 Å². The number of nitrogens with one attached hydrogen (secondary N) is 1. The van der Waals surface area contributed by atoms with Crippen LogP contribution < -0.4 is 5.32 Å². The topological polar surface area (TPSA) is 24.9 Å². The summed E-state index contributed by atoms with van der Waals surface area (Å²) < 4.78 is 0.846. The standard InChI is InChI=1S/C14H17ClN2S/c1-9-4-6-12(10(2)17-9)13(16-3)8-11-5-7-14(15)18-11/h4-7,13,16H,8H2,1-3H3. The number of rotatable bonds is 4. The highest BCUT2D eigenvalue weighted by molar-refractivity contribution is 7.16. The van der Waals surface area contributed by atoms with Crippen molar-refractivity contribution in [1.82, 2.24) is 10.3 Å². The molecule has 0 aliphatic rings. The Morgan fingerprint density at radius 2 is 2.06 bits per heavy atom. The highest BCUT2D eigenvalue weighted by Gasteiger charge is 2.14. The summed E-state index contributed by atoms with van der Waals surface area (Å²) in [6.45, 7) is 4.08. The maximum atomic E-state index is 5.97. The van der Waals surface area contributed by atoms with E-state index in [0.29, 0.717) is 0 Å². The minimum absolute atomic E-state index is 0.285. The lowest BCUT2D eigenvalue weighted by atomic mass is 10.0. The smallest absolute Gasteiger partial charge is 0.0931 e. The number of likely N-dealkylation sites (N-methyl/N-ethyl adjacent to an activating group) is 1. The molecule has 2 rings (SSSR count). The first-order chi connectivity index (χ1) is 8.60. The van der Waals surface area contributed by atoms with Gasteiger partial charge in [0.05, 0.1) is 4.34 Å². The summed E-state index contributed by atoms with van der Waals surface area (Å²) in [5.41, 5.74) is 3.41. The van der Waals surface area contributed by atoms with Gasteiger partial charge in [0.2, 0.25) is 0 Å². The summed E-state index contributed by atoms with van der Waals surface area (Å²) in [5, 5.41) is 3.36. The molecule has 2 aromatic heterocycles. The maximum Gasteiger partial charge on any atom is 0.0931 e. The fourth-order valence-electron chi connectivity index (χ4n) is 2.10. The Bertz CT molecular complexity index is 536. The first-order valence-corrected chi connectivity index (χ1v) is 7.15. The van der Waals surface area contributed by atoms with Crippen LogP contribution in [0.4, 0.5) is 0 Å².